The summed E-state index contributed by atoms with van der Waals surface area (Å²) in [7, 11) is 0. The van der Waals surface area contributed by atoms with Crippen molar-refractivity contribution in [2.24, 2.45) is 17.8 Å². The first-order valence-electron chi connectivity index (χ1n) is 5.23. The minimum absolute atomic E-state index is 0.153. The van der Waals surface area contributed by atoms with E-state index in [9.17, 15) is 4.79 Å². The van der Waals surface area contributed by atoms with Gasteiger partial charge in [-0.05, 0) is 18.3 Å². The van der Waals surface area contributed by atoms with Crippen LogP contribution in [0.5, 0.6) is 0 Å². The van der Waals surface area contributed by atoms with E-state index >= 15 is 0 Å². The summed E-state index contributed by atoms with van der Waals surface area (Å²) in [6, 6.07) is 0. The van der Waals surface area contributed by atoms with E-state index < -0.39 is 5.97 Å². The molecule has 2 heteroatoms. The van der Waals surface area contributed by atoms with Gasteiger partial charge in [0.05, 0.1) is 5.92 Å². The Bertz CT molecular complexity index is 152. The van der Waals surface area contributed by atoms with Crippen LogP contribution in [-0.4, -0.2) is 11.1 Å². The average molecular weight is 186 g/mol. The van der Waals surface area contributed by atoms with E-state index in [0.29, 0.717) is 5.92 Å². The molecule has 1 N–H and O–H groups in total. The van der Waals surface area contributed by atoms with Crippen molar-refractivity contribution < 1.29 is 9.90 Å². The van der Waals surface area contributed by atoms with E-state index in [0.717, 1.165) is 19.3 Å². The molecule has 0 fully saturated rings. The quantitative estimate of drug-likeness (QED) is 0.691. The summed E-state index contributed by atoms with van der Waals surface area (Å²) in [4.78, 5) is 11.0. The van der Waals surface area contributed by atoms with Gasteiger partial charge in [-0.2, -0.15) is 0 Å². The summed E-state index contributed by atoms with van der Waals surface area (Å²) in [5.74, 6) is -0.0448. The lowest BCUT2D eigenvalue weighted by atomic mass is 9.82. The third kappa shape index (κ3) is 4.30. The molecule has 0 aromatic rings. The first-order chi connectivity index (χ1) is 6.00. The van der Waals surface area contributed by atoms with E-state index in [1.54, 1.807) is 0 Å². The predicted molar refractivity (Wildman–Crippen MR) is 54.7 cm³/mol. The third-order valence-corrected chi connectivity index (χ3v) is 2.87. The fourth-order valence-corrected chi connectivity index (χ4v) is 1.50. The molecular weight excluding hydrogens is 164 g/mol. The Morgan fingerprint density at radius 1 is 1.31 bits per heavy atom. The molecular formula is C11H22O2. The number of hydrogen-bond acceptors (Lipinski definition) is 1. The van der Waals surface area contributed by atoms with E-state index in [1.807, 2.05) is 6.92 Å². The lowest BCUT2D eigenvalue weighted by Gasteiger charge is -2.23. The zero-order valence-corrected chi connectivity index (χ0v) is 9.21. The number of carbonyl (C=O) groups is 1. The van der Waals surface area contributed by atoms with E-state index in [2.05, 4.69) is 20.8 Å². The number of rotatable bonds is 6. The van der Waals surface area contributed by atoms with Crippen molar-refractivity contribution in [1.82, 2.24) is 0 Å². The van der Waals surface area contributed by atoms with Crippen molar-refractivity contribution >= 4 is 5.97 Å². The smallest absolute Gasteiger partial charge is 0.306 e. The Balaban J connectivity index is 4.15. The molecule has 0 rings (SSSR count). The molecule has 2 unspecified atom stereocenters. The first kappa shape index (κ1) is 12.5. The molecule has 0 saturated heterocycles. The van der Waals surface area contributed by atoms with Crippen molar-refractivity contribution in [2.45, 2.75) is 47.0 Å². The zero-order valence-electron chi connectivity index (χ0n) is 9.21. The van der Waals surface area contributed by atoms with Crippen LogP contribution in [0.4, 0.5) is 0 Å². The highest BCUT2D eigenvalue weighted by atomic mass is 16.4. The Morgan fingerprint density at radius 2 is 1.85 bits per heavy atom. The highest BCUT2D eigenvalue weighted by Crippen LogP contribution is 2.25. The minimum atomic E-state index is -0.630. The topological polar surface area (TPSA) is 37.3 Å². The predicted octanol–water partition coefficient (Wildman–Crippen LogP) is 3.17. The van der Waals surface area contributed by atoms with Crippen molar-refractivity contribution in [3.8, 4) is 0 Å². The van der Waals surface area contributed by atoms with Crippen LogP contribution in [0.3, 0.4) is 0 Å². The van der Waals surface area contributed by atoms with Gasteiger partial charge in [0.25, 0.3) is 0 Å². The standard InChI is InChI=1S/C11H22O2/c1-5-6-7-10(11(12)13)9(4)8(2)3/h8-10H,5-7H2,1-4H3,(H,12,13). The van der Waals surface area contributed by atoms with Gasteiger partial charge in [0.1, 0.15) is 0 Å². The van der Waals surface area contributed by atoms with E-state index in [1.165, 1.54) is 0 Å². The van der Waals surface area contributed by atoms with Crippen LogP contribution in [-0.2, 0) is 4.79 Å². The molecule has 0 aromatic heterocycles. The summed E-state index contributed by atoms with van der Waals surface area (Å²) in [5, 5.41) is 9.02. The van der Waals surface area contributed by atoms with Gasteiger partial charge < -0.3 is 5.11 Å². The molecule has 0 heterocycles. The Hall–Kier alpha value is -0.530. The van der Waals surface area contributed by atoms with Crippen LogP contribution in [0, 0.1) is 17.8 Å². The van der Waals surface area contributed by atoms with Gasteiger partial charge in [0, 0.05) is 0 Å². The van der Waals surface area contributed by atoms with Gasteiger partial charge in [-0.3, -0.25) is 4.79 Å². The van der Waals surface area contributed by atoms with Crippen LogP contribution in [0.15, 0.2) is 0 Å². The van der Waals surface area contributed by atoms with Gasteiger partial charge in [0.15, 0.2) is 0 Å². The van der Waals surface area contributed by atoms with Crippen molar-refractivity contribution in [2.75, 3.05) is 0 Å². The lowest BCUT2D eigenvalue weighted by Crippen LogP contribution is -2.25. The number of carboxylic acids is 1. The molecule has 78 valence electrons. The highest BCUT2D eigenvalue weighted by Gasteiger charge is 2.25. The number of hydrogen-bond donors (Lipinski definition) is 1. The molecule has 0 amide bonds. The van der Waals surface area contributed by atoms with Gasteiger partial charge in [-0.25, -0.2) is 0 Å². The van der Waals surface area contributed by atoms with Gasteiger partial charge >= 0.3 is 5.97 Å². The monoisotopic (exact) mass is 186 g/mol. The maximum atomic E-state index is 11.0. The molecule has 0 aromatic carbocycles. The molecule has 0 spiro atoms. The summed E-state index contributed by atoms with van der Waals surface area (Å²) in [5.41, 5.74) is 0. The van der Waals surface area contributed by atoms with E-state index in [-0.39, 0.29) is 11.8 Å². The van der Waals surface area contributed by atoms with Crippen LogP contribution in [0.1, 0.15) is 47.0 Å². The molecule has 13 heavy (non-hydrogen) atoms. The average Bonchev–Trinajstić information content (AvgIpc) is 2.04. The van der Waals surface area contributed by atoms with Crippen LogP contribution >= 0.6 is 0 Å². The van der Waals surface area contributed by atoms with Crippen molar-refractivity contribution in [3.63, 3.8) is 0 Å². The largest absolute Gasteiger partial charge is 0.481 e. The first-order valence-corrected chi connectivity index (χ1v) is 5.23. The summed E-state index contributed by atoms with van der Waals surface area (Å²) >= 11 is 0. The molecule has 2 atom stereocenters. The third-order valence-electron chi connectivity index (χ3n) is 2.87. The van der Waals surface area contributed by atoms with Gasteiger partial charge in [0.2, 0.25) is 0 Å². The molecule has 0 aliphatic carbocycles. The fourth-order valence-electron chi connectivity index (χ4n) is 1.50. The Labute approximate surface area is 81.3 Å². The second-order valence-corrected chi connectivity index (χ2v) is 4.19. The van der Waals surface area contributed by atoms with Gasteiger partial charge in [-0.15, -0.1) is 0 Å². The summed E-state index contributed by atoms with van der Waals surface area (Å²) in [6.07, 6.45) is 2.92. The van der Waals surface area contributed by atoms with Crippen LogP contribution < -0.4 is 0 Å². The SMILES string of the molecule is CCCCC(C(=O)O)C(C)C(C)C. The second-order valence-electron chi connectivity index (χ2n) is 4.19. The molecule has 0 bridgehead atoms. The summed E-state index contributed by atoms with van der Waals surface area (Å²) in [6.45, 7) is 8.32. The van der Waals surface area contributed by atoms with Crippen molar-refractivity contribution in [1.29, 1.82) is 0 Å². The maximum Gasteiger partial charge on any atom is 0.306 e. The minimum Gasteiger partial charge on any atom is -0.481 e. The van der Waals surface area contributed by atoms with Crippen LogP contribution in [0.2, 0.25) is 0 Å². The maximum absolute atomic E-state index is 11.0. The summed E-state index contributed by atoms with van der Waals surface area (Å²) < 4.78 is 0. The zero-order chi connectivity index (χ0) is 10.4. The normalized spacial score (nSPS) is 15.8. The van der Waals surface area contributed by atoms with E-state index in [4.69, 9.17) is 5.11 Å². The fraction of sp³-hybridized carbons (Fsp3) is 0.909. The Kier molecular flexibility index (Phi) is 5.76. The second kappa shape index (κ2) is 6.01. The van der Waals surface area contributed by atoms with Crippen molar-refractivity contribution in [3.05, 3.63) is 0 Å². The number of carboxylic acid groups (broad SMARTS) is 1. The highest BCUT2D eigenvalue weighted by molar-refractivity contribution is 5.70. The Morgan fingerprint density at radius 3 is 2.15 bits per heavy atom. The molecule has 0 aliphatic rings. The van der Waals surface area contributed by atoms with Gasteiger partial charge in [-0.1, -0.05) is 40.5 Å². The number of unbranched alkanes of at least 4 members (excludes halogenated alkanes) is 1. The van der Waals surface area contributed by atoms with Crippen LogP contribution in [0.25, 0.3) is 0 Å². The lowest BCUT2D eigenvalue weighted by molar-refractivity contribution is -0.144. The molecule has 0 saturated carbocycles. The number of aliphatic carboxylic acids is 1. The molecule has 0 radical (unpaired) electrons. The molecule has 2 nitrogen and oxygen atoms in total. The molecule has 0 aliphatic heterocycles.